The molecule has 0 radical (unpaired) electrons. The van der Waals surface area contributed by atoms with Gasteiger partial charge in [0.25, 0.3) is 11.8 Å². The lowest BCUT2D eigenvalue weighted by atomic mass is 10.0. The molecule has 1 atom stereocenters. The van der Waals surface area contributed by atoms with Crippen molar-refractivity contribution in [2.75, 3.05) is 0 Å². The van der Waals surface area contributed by atoms with Crippen LogP contribution < -0.4 is 11.1 Å². The Morgan fingerprint density at radius 1 is 1.20 bits per heavy atom. The van der Waals surface area contributed by atoms with Crippen molar-refractivity contribution in [3.63, 3.8) is 0 Å². The molecule has 7 nitrogen and oxygen atoms in total. The number of nitrogens with one attached hydrogen (secondary N) is 1. The van der Waals surface area contributed by atoms with Gasteiger partial charge in [-0.2, -0.15) is 0 Å². The standard InChI is InChI=1S/C21H17ClFN3O4/c1-11-25-17(14-7-2-3-8-15(14)23)19(30-11)21(29)26-16(18(27)20(24)28)10-12-5-4-6-13(22)9-12/h2-9,16H,10H2,1H3,(H2,24,28)(H,26,29). The van der Waals surface area contributed by atoms with Gasteiger partial charge in [0.1, 0.15) is 17.6 Å². The number of amides is 2. The number of rotatable bonds is 7. The molecule has 1 aromatic heterocycles. The first-order valence-corrected chi connectivity index (χ1v) is 9.25. The molecule has 30 heavy (non-hydrogen) atoms. The molecule has 0 bridgehead atoms. The Hall–Kier alpha value is -3.52. The molecular weight excluding hydrogens is 413 g/mol. The van der Waals surface area contributed by atoms with Crippen molar-refractivity contribution >= 4 is 29.2 Å². The predicted octanol–water partition coefficient (Wildman–Crippen LogP) is 2.84. The topological polar surface area (TPSA) is 115 Å². The molecule has 0 saturated carbocycles. The SMILES string of the molecule is Cc1nc(-c2ccccc2F)c(C(=O)NC(Cc2cccc(Cl)c2)C(=O)C(N)=O)o1. The number of carbonyl (C=O) groups is 3. The van der Waals surface area contributed by atoms with Crippen LogP contribution in [0.1, 0.15) is 22.0 Å². The van der Waals surface area contributed by atoms with E-state index in [0.29, 0.717) is 10.6 Å². The Morgan fingerprint density at radius 2 is 1.93 bits per heavy atom. The van der Waals surface area contributed by atoms with Crippen molar-refractivity contribution in [1.82, 2.24) is 10.3 Å². The summed E-state index contributed by atoms with van der Waals surface area (Å²) in [7, 11) is 0. The van der Waals surface area contributed by atoms with Crippen LogP contribution in [-0.2, 0) is 16.0 Å². The summed E-state index contributed by atoms with van der Waals surface area (Å²) in [5.74, 6) is -3.78. The predicted molar refractivity (Wildman–Crippen MR) is 107 cm³/mol. The summed E-state index contributed by atoms with van der Waals surface area (Å²) in [5.41, 5.74) is 5.78. The fraction of sp³-hybridized carbons (Fsp3) is 0.143. The second-order valence-corrected chi connectivity index (χ2v) is 6.92. The molecule has 154 valence electrons. The molecule has 0 fully saturated rings. The lowest BCUT2D eigenvalue weighted by Gasteiger charge is -2.16. The van der Waals surface area contributed by atoms with E-state index in [1.54, 1.807) is 30.3 Å². The molecule has 0 aliphatic rings. The molecule has 0 aliphatic heterocycles. The van der Waals surface area contributed by atoms with Crippen LogP contribution in [0.5, 0.6) is 0 Å². The minimum absolute atomic E-state index is 0.0175. The Bertz CT molecular complexity index is 1130. The molecule has 0 spiro atoms. The molecule has 3 aromatic rings. The maximum absolute atomic E-state index is 14.2. The third-order valence-electron chi connectivity index (χ3n) is 4.26. The van der Waals surface area contributed by atoms with Gasteiger partial charge in [-0.15, -0.1) is 0 Å². The zero-order chi connectivity index (χ0) is 21.8. The summed E-state index contributed by atoms with van der Waals surface area (Å²) in [5, 5.41) is 2.86. The lowest BCUT2D eigenvalue weighted by Crippen LogP contribution is -2.47. The van der Waals surface area contributed by atoms with Crippen LogP contribution in [0.25, 0.3) is 11.3 Å². The average molecular weight is 430 g/mol. The van der Waals surface area contributed by atoms with Gasteiger partial charge < -0.3 is 15.5 Å². The first-order chi connectivity index (χ1) is 14.3. The lowest BCUT2D eigenvalue weighted by molar-refractivity contribution is -0.137. The fourth-order valence-corrected chi connectivity index (χ4v) is 3.13. The van der Waals surface area contributed by atoms with Crippen molar-refractivity contribution in [2.45, 2.75) is 19.4 Å². The zero-order valence-electron chi connectivity index (χ0n) is 15.8. The quantitative estimate of drug-likeness (QED) is 0.560. The highest BCUT2D eigenvalue weighted by Crippen LogP contribution is 2.26. The molecule has 0 aliphatic carbocycles. The highest BCUT2D eigenvalue weighted by Gasteiger charge is 2.29. The van der Waals surface area contributed by atoms with E-state index in [2.05, 4.69) is 10.3 Å². The van der Waals surface area contributed by atoms with Crippen LogP contribution in [0, 0.1) is 12.7 Å². The van der Waals surface area contributed by atoms with E-state index in [0.717, 1.165) is 0 Å². The minimum Gasteiger partial charge on any atom is -0.435 e. The molecule has 2 amide bonds. The van der Waals surface area contributed by atoms with Gasteiger partial charge in [0.15, 0.2) is 5.89 Å². The second-order valence-electron chi connectivity index (χ2n) is 6.48. The molecule has 9 heteroatoms. The van der Waals surface area contributed by atoms with Gasteiger partial charge in [0, 0.05) is 23.9 Å². The summed E-state index contributed by atoms with van der Waals surface area (Å²) in [6, 6.07) is 11.1. The number of aromatic nitrogens is 1. The largest absolute Gasteiger partial charge is 0.435 e. The fourth-order valence-electron chi connectivity index (χ4n) is 2.92. The number of nitrogens with two attached hydrogens (primary N) is 1. The Kier molecular flexibility index (Phi) is 6.27. The van der Waals surface area contributed by atoms with E-state index in [9.17, 15) is 18.8 Å². The first-order valence-electron chi connectivity index (χ1n) is 8.87. The Morgan fingerprint density at radius 3 is 2.60 bits per heavy atom. The van der Waals surface area contributed by atoms with Gasteiger partial charge in [0.05, 0.1) is 0 Å². The average Bonchev–Trinajstić information content (AvgIpc) is 3.08. The van der Waals surface area contributed by atoms with Gasteiger partial charge >= 0.3 is 0 Å². The third kappa shape index (κ3) is 4.72. The highest BCUT2D eigenvalue weighted by molar-refractivity contribution is 6.38. The number of primary amides is 1. The van der Waals surface area contributed by atoms with Crippen LogP contribution in [0.3, 0.4) is 0 Å². The molecular formula is C21H17ClFN3O4. The number of hydrogen-bond acceptors (Lipinski definition) is 5. The van der Waals surface area contributed by atoms with Gasteiger partial charge in [-0.25, -0.2) is 9.37 Å². The molecule has 0 saturated heterocycles. The number of halogens is 2. The first kappa shape index (κ1) is 21.2. The van der Waals surface area contributed by atoms with Crippen molar-refractivity contribution in [2.24, 2.45) is 5.73 Å². The highest BCUT2D eigenvalue weighted by atomic mass is 35.5. The molecule has 1 unspecified atom stereocenters. The number of Topliss-reactive ketones (excluding diaryl/α,β-unsaturated/α-hetero) is 1. The number of ketones is 1. The van der Waals surface area contributed by atoms with Crippen molar-refractivity contribution in [3.05, 3.63) is 76.6 Å². The van der Waals surface area contributed by atoms with Gasteiger partial charge in [0.2, 0.25) is 11.5 Å². The van der Waals surface area contributed by atoms with E-state index in [4.69, 9.17) is 21.8 Å². The van der Waals surface area contributed by atoms with Crippen LogP contribution in [0.4, 0.5) is 4.39 Å². The third-order valence-corrected chi connectivity index (χ3v) is 4.50. The van der Waals surface area contributed by atoms with Crippen LogP contribution >= 0.6 is 11.6 Å². The normalized spacial score (nSPS) is 11.7. The Labute approximate surface area is 176 Å². The number of carbonyl (C=O) groups excluding carboxylic acids is 3. The van der Waals surface area contributed by atoms with Crippen molar-refractivity contribution in [1.29, 1.82) is 0 Å². The van der Waals surface area contributed by atoms with Crippen molar-refractivity contribution in [3.8, 4) is 11.3 Å². The van der Waals surface area contributed by atoms with Crippen LogP contribution in [0.15, 0.2) is 52.9 Å². The number of hydrogen-bond donors (Lipinski definition) is 2. The summed E-state index contributed by atoms with van der Waals surface area (Å²) < 4.78 is 19.6. The summed E-state index contributed by atoms with van der Waals surface area (Å²) >= 11 is 5.96. The van der Waals surface area contributed by atoms with Crippen LogP contribution in [-0.4, -0.2) is 28.6 Å². The number of nitrogens with zero attached hydrogens (tertiary/aromatic N) is 1. The Balaban J connectivity index is 1.92. The van der Waals surface area contributed by atoms with Crippen molar-refractivity contribution < 1.29 is 23.2 Å². The van der Waals surface area contributed by atoms with Gasteiger partial charge in [-0.1, -0.05) is 35.9 Å². The monoisotopic (exact) mass is 429 g/mol. The van der Waals surface area contributed by atoms with E-state index in [-0.39, 0.29) is 29.3 Å². The number of oxazole rings is 1. The second kappa shape index (κ2) is 8.87. The van der Waals surface area contributed by atoms with E-state index in [1.165, 1.54) is 25.1 Å². The minimum atomic E-state index is -1.27. The van der Waals surface area contributed by atoms with E-state index >= 15 is 0 Å². The summed E-state index contributed by atoms with van der Waals surface area (Å²) in [6.45, 7) is 1.50. The summed E-state index contributed by atoms with van der Waals surface area (Å²) in [4.78, 5) is 40.7. The molecule has 3 rings (SSSR count). The van der Waals surface area contributed by atoms with E-state index < -0.39 is 29.5 Å². The maximum atomic E-state index is 14.2. The summed E-state index contributed by atoms with van der Waals surface area (Å²) in [6.07, 6.45) is -0.0315. The van der Waals surface area contributed by atoms with Gasteiger partial charge in [-0.3, -0.25) is 14.4 Å². The smallest absolute Gasteiger partial charge is 0.290 e. The molecule has 3 N–H and O–H groups in total. The maximum Gasteiger partial charge on any atom is 0.290 e. The number of benzene rings is 2. The molecule has 2 aromatic carbocycles. The molecule has 1 heterocycles. The number of aryl methyl sites for hydroxylation is 1. The van der Waals surface area contributed by atoms with Gasteiger partial charge in [-0.05, 0) is 29.8 Å². The van der Waals surface area contributed by atoms with E-state index in [1.807, 2.05) is 0 Å². The van der Waals surface area contributed by atoms with Crippen LogP contribution in [0.2, 0.25) is 5.02 Å². The zero-order valence-corrected chi connectivity index (χ0v) is 16.6.